The van der Waals surface area contributed by atoms with Crippen molar-refractivity contribution in [1.29, 1.82) is 0 Å². The van der Waals surface area contributed by atoms with E-state index >= 15 is 0 Å². The molecule has 0 aromatic rings. The number of fused-ring (bicyclic) bond motifs is 4. The molecule has 0 radical (unpaired) electrons. The van der Waals surface area contributed by atoms with Crippen molar-refractivity contribution in [2.24, 2.45) is 17.3 Å². The molecule has 0 bridgehead atoms. The van der Waals surface area contributed by atoms with Crippen LogP contribution in [0.1, 0.15) is 40.0 Å². The molecule has 1 spiro atoms. The van der Waals surface area contributed by atoms with Gasteiger partial charge < -0.3 is 14.2 Å². The number of ether oxygens (including phenoxy) is 3. The summed E-state index contributed by atoms with van der Waals surface area (Å²) in [5, 5.41) is 0. The monoisotopic (exact) mass is 342 g/mol. The van der Waals surface area contributed by atoms with Crippen LogP contribution in [0.2, 0.25) is 0 Å². The Morgan fingerprint density at radius 1 is 1.24 bits per heavy atom. The SMILES string of the molecule is CC(C)[C@]12O[C@H]1C=C1[C@@]3(O[C@@H]3C[C@@H]3C4=C(CC[C@]13C)C(=O)OC4)C2=O. The third-order valence-corrected chi connectivity index (χ3v) is 7.82. The van der Waals surface area contributed by atoms with Crippen LogP contribution in [0, 0.1) is 17.3 Å². The summed E-state index contributed by atoms with van der Waals surface area (Å²) in [4.78, 5) is 25.4. The summed E-state index contributed by atoms with van der Waals surface area (Å²) in [6.07, 6.45) is 4.40. The van der Waals surface area contributed by atoms with Crippen molar-refractivity contribution in [3.05, 3.63) is 22.8 Å². The van der Waals surface area contributed by atoms with Gasteiger partial charge in [0.1, 0.15) is 18.8 Å². The third-order valence-electron chi connectivity index (χ3n) is 7.82. The van der Waals surface area contributed by atoms with Crippen LogP contribution in [-0.2, 0) is 23.8 Å². The first-order valence-electron chi connectivity index (χ1n) is 9.38. The molecule has 5 heteroatoms. The van der Waals surface area contributed by atoms with Crippen LogP contribution in [0.15, 0.2) is 22.8 Å². The molecule has 5 nitrogen and oxygen atoms in total. The predicted octanol–water partition coefficient (Wildman–Crippen LogP) is 2.10. The van der Waals surface area contributed by atoms with Gasteiger partial charge in [-0.3, -0.25) is 4.79 Å². The van der Waals surface area contributed by atoms with Crippen LogP contribution >= 0.6 is 0 Å². The van der Waals surface area contributed by atoms with Crippen LogP contribution in [0.4, 0.5) is 0 Å². The zero-order valence-corrected chi connectivity index (χ0v) is 14.8. The molecule has 0 N–H and O–H groups in total. The summed E-state index contributed by atoms with van der Waals surface area (Å²) in [5.41, 5.74) is 1.56. The number of cyclic esters (lactones) is 1. The fourth-order valence-corrected chi connectivity index (χ4v) is 6.29. The number of hydrogen-bond acceptors (Lipinski definition) is 5. The van der Waals surface area contributed by atoms with Crippen LogP contribution < -0.4 is 0 Å². The minimum Gasteiger partial charge on any atom is -0.458 e. The molecule has 6 atom stereocenters. The predicted molar refractivity (Wildman–Crippen MR) is 86.6 cm³/mol. The molecule has 0 unspecified atom stereocenters. The first-order chi connectivity index (χ1) is 11.9. The maximum absolute atomic E-state index is 13.4. The number of carbonyl (C=O) groups excluding carboxylic acids is 2. The van der Waals surface area contributed by atoms with E-state index in [1.165, 1.54) is 0 Å². The molecule has 3 aliphatic carbocycles. The molecule has 3 aliphatic heterocycles. The van der Waals surface area contributed by atoms with Crippen LogP contribution in [0.3, 0.4) is 0 Å². The number of rotatable bonds is 1. The summed E-state index contributed by atoms with van der Waals surface area (Å²) in [7, 11) is 0. The van der Waals surface area contributed by atoms with E-state index in [-0.39, 0.29) is 41.2 Å². The molecule has 3 fully saturated rings. The third kappa shape index (κ3) is 1.36. The fourth-order valence-electron chi connectivity index (χ4n) is 6.29. The summed E-state index contributed by atoms with van der Waals surface area (Å²) < 4.78 is 17.4. The largest absolute Gasteiger partial charge is 0.458 e. The Balaban J connectivity index is 1.50. The standard InChI is InChI=1S/C20H22O5/c1-9(2)19-15(24-19)7-13-18(3)5-4-10-11(8-23-16(10)21)12(18)6-14-20(13,25-14)17(19)22/h7,9,12,14-15H,4-6,8H2,1-3H3/t12-,14-,15+,18+,19+,20+/m1/s1. The van der Waals surface area contributed by atoms with E-state index in [0.717, 1.165) is 36.0 Å². The summed E-state index contributed by atoms with van der Waals surface area (Å²) in [5.74, 6) is 0.367. The first kappa shape index (κ1) is 14.7. The van der Waals surface area contributed by atoms with Crippen molar-refractivity contribution in [2.75, 3.05) is 6.61 Å². The van der Waals surface area contributed by atoms with Gasteiger partial charge in [-0.25, -0.2) is 4.79 Å². The number of esters is 1. The van der Waals surface area contributed by atoms with Crippen molar-refractivity contribution in [3.63, 3.8) is 0 Å². The molecule has 25 heavy (non-hydrogen) atoms. The minimum atomic E-state index is -0.760. The summed E-state index contributed by atoms with van der Waals surface area (Å²) in [6.45, 7) is 6.76. The van der Waals surface area contributed by atoms with Crippen molar-refractivity contribution >= 4 is 11.8 Å². The number of carbonyl (C=O) groups is 2. The normalized spacial score (nSPS) is 51.8. The highest BCUT2D eigenvalue weighted by atomic mass is 16.6. The van der Waals surface area contributed by atoms with E-state index < -0.39 is 11.2 Å². The minimum absolute atomic E-state index is 0.0762. The highest BCUT2D eigenvalue weighted by molar-refractivity contribution is 6.06. The Bertz CT molecular complexity index is 822. The number of epoxide rings is 2. The van der Waals surface area contributed by atoms with Crippen molar-refractivity contribution in [1.82, 2.24) is 0 Å². The molecule has 6 aliphatic rings. The Hall–Kier alpha value is -1.46. The first-order valence-corrected chi connectivity index (χ1v) is 9.38. The molecule has 3 heterocycles. The van der Waals surface area contributed by atoms with Gasteiger partial charge in [-0.15, -0.1) is 0 Å². The Labute approximate surface area is 146 Å². The van der Waals surface area contributed by atoms with Gasteiger partial charge >= 0.3 is 5.97 Å². The van der Waals surface area contributed by atoms with E-state index in [9.17, 15) is 9.59 Å². The molecule has 0 aromatic heterocycles. The lowest BCUT2D eigenvalue weighted by atomic mass is 9.51. The summed E-state index contributed by atoms with van der Waals surface area (Å²) in [6, 6.07) is 0. The topological polar surface area (TPSA) is 68.4 Å². The Morgan fingerprint density at radius 2 is 2.04 bits per heavy atom. The number of ketones is 1. The number of Topliss-reactive ketones (excluding diaryl/α,β-unsaturated/α-hetero) is 1. The second-order valence-electron chi connectivity index (χ2n) is 9.02. The average Bonchev–Trinajstić information content (AvgIpc) is 3.44. The van der Waals surface area contributed by atoms with Gasteiger partial charge in [0.2, 0.25) is 5.78 Å². The Kier molecular flexibility index (Phi) is 2.31. The maximum atomic E-state index is 13.4. The van der Waals surface area contributed by atoms with Crippen LogP contribution in [0.25, 0.3) is 0 Å². The lowest BCUT2D eigenvalue weighted by Gasteiger charge is -2.49. The Morgan fingerprint density at radius 3 is 2.80 bits per heavy atom. The molecular weight excluding hydrogens is 320 g/mol. The lowest BCUT2D eigenvalue weighted by Crippen LogP contribution is -2.55. The maximum Gasteiger partial charge on any atom is 0.334 e. The van der Waals surface area contributed by atoms with Gasteiger partial charge in [0.15, 0.2) is 11.2 Å². The molecule has 1 saturated carbocycles. The smallest absolute Gasteiger partial charge is 0.334 e. The molecule has 132 valence electrons. The van der Waals surface area contributed by atoms with Gasteiger partial charge in [-0.05, 0) is 53.7 Å². The zero-order chi connectivity index (χ0) is 17.4. The average molecular weight is 342 g/mol. The van der Waals surface area contributed by atoms with Crippen LogP contribution in [-0.4, -0.2) is 41.8 Å². The van der Waals surface area contributed by atoms with Gasteiger partial charge in [0, 0.05) is 5.57 Å². The highest BCUT2D eigenvalue weighted by Gasteiger charge is 2.82. The molecule has 2 saturated heterocycles. The van der Waals surface area contributed by atoms with E-state index in [4.69, 9.17) is 14.2 Å². The second kappa shape index (κ2) is 3.94. The van der Waals surface area contributed by atoms with Crippen molar-refractivity contribution in [3.8, 4) is 0 Å². The van der Waals surface area contributed by atoms with E-state index in [0.29, 0.717) is 6.61 Å². The highest BCUT2D eigenvalue weighted by Crippen LogP contribution is 2.70. The van der Waals surface area contributed by atoms with Gasteiger partial charge in [-0.1, -0.05) is 20.8 Å². The van der Waals surface area contributed by atoms with E-state index in [2.05, 4.69) is 26.8 Å². The zero-order valence-electron chi connectivity index (χ0n) is 14.8. The van der Waals surface area contributed by atoms with Crippen LogP contribution in [0.5, 0.6) is 0 Å². The fraction of sp³-hybridized carbons (Fsp3) is 0.700. The van der Waals surface area contributed by atoms with Crippen molar-refractivity contribution in [2.45, 2.75) is 63.4 Å². The molecule has 0 amide bonds. The van der Waals surface area contributed by atoms with Crippen molar-refractivity contribution < 1.29 is 23.8 Å². The molecular formula is C20H22O5. The second-order valence-corrected chi connectivity index (χ2v) is 9.02. The molecule has 0 aromatic carbocycles. The number of hydrogen-bond donors (Lipinski definition) is 0. The molecule has 6 rings (SSSR count). The summed E-state index contributed by atoms with van der Waals surface area (Å²) >= 11 is 0. The quantitative estimate of drug-likeness (QED) is 0.415. The lowest BCUT2D eigenvalue weighted by molar-refractivity contribution is -0.136. The van der Waals surface area contributed by atoms with Gasteiger partial charge in [-0.2, -0.15) is 0 Å². The van der Waals surface area contributed by atoms with Gasteiger partial charge in [0.25, 0.3) is 0 Å². The van der Waals surface area contributed by atoms with E-state index in [1.807, 2.05) is 0 Å². The van der Waals surface area contributed by atoms with Gasteiger partial charge in [0.05, 0.1) is 0 Å². The van der Waals surface area contributed by atoms with E-state index in [1.54, 1.807) is 0 Å².